The predicted molar refractivity (Wildman–Crippen MR) is 199 cm³/mol. The lowest BCUT2D eigenvalue weighted by Crippen LogP contribution is -2.20. The minimum atomic E-state index is -0.238. The van der Waals surface area contributed by atoms with E-state index in [1.54, 1.807) is 28.4 Å². The van der Waals surface area contributed by atoms with Crippen LogP contribution in [0, 0.1) is 0 Å². The standard InChI is InChI=1S/C43H42N2O4/c1-43(2)41-27-33(44(29-7-17-35(46-3)18-8-29)30-9-19-36(47-4)20-10-30)15-25-39(41)40-26-16-34(28-42(40)43)45(31-11-21-37(48-5)22-12-31)32-13-23-38(49-6)24-14-32/h7-13,15-23,25-28H,14,24H2,1-6H3. The summed E-state index contributed by atoms with van der Waals surface area (Å²) in [5, 5.41) is 0. The second kappa shape index (κ2) is 13.1. The molecule has 6 nitrogen and oxygen atoms in total. The van der Waals surface area contributed by atoms with E-state index >= 15 is 0 Å². The van der Waals surface area contributed by atoms with Crippen LogP contribution in [0.4, 0.5) is 28.4 Å². The average Bonchev–Trinajstić information content (AvgIpc) is 3.38. The Hall–Kier alpha value is -5.62. The lowest BCUT2D eigenvalue weighted by molar-refractivity contribution is 0.275. The first-order valence-electron chi connectivity index (χ1n) is 16.6. The minimum Gasteiger partial charge on any atom is -0.501 e. The molecule has 49 heavy (non-hydrogen) atoms. The van der Waals surface area contributed by atoms with E-state index in [2.05, 4.69) is 109 Å². The van der Waals surface area contributed by atoms with E-state index in [1.165, 1.54) is 28.0 Å². The van der Waals surface area contributed by atoms with Gasteiger partial charge in [0.1, 0.15) is 17.2 Å². The summed E-state index contributed by atoms with van der Waals surface area (Å²) in [5.41, 5.74) is 11.5. The van der Waals surface area contributed by atoms with Crippen molar-refractivity contribution in [2.24, 2.45) is 0 Å². The highest BCUT2D eigenvalue weighted by Crippen LogP contribution is 2.52. The Morgan fingerprint density at radius 3 is 1.24 bits per heavy atom. The summed E-state index contributed by atoms with van der Waals surface area (Å²) in [6.07, 6.45) is 6.00. The van der Waals surface area contributed by atoms with Gasteiger partial charge < -0.3 is 28.7 Å². The monoisotopic (exact) mass is 650 g/mol. The van der Waals surface area contributed by atoms with Gasteiger partial charge >= 0.3 is 0 Å². The molecule has 0 saturated heterocycles. The van der Waals surface area contributed by atoms with Gasteiger partial charge in [-0.15, -0.1) is 0 Å². The second-order valence-electron chi connectivity index (χ2n) is 12.8. The maximum atomic E-state index is 5.55. The fourth-order valence-corrected chi connectivity index (χ4v) is 7.08. The first-order chi connectivity index (χ1) is 23.8. The molecule has 5 aromatic carbocycles. The molecule has 2 aliphatic carbocycles. The molecule has 7 rings (SSSR count). The summed E-state index contributed by atoms with van der Waals surface area (Å²) < 4.78 is 22.0. The molecule has 0 amide bonds. The van der Waals surface area contributed by atoms with Crippen LogP contribution in [0.25, 0.3) is 11.1 Å². The van der Waals surface area contributed by atoms with E-state index in [4.69, 9.17) is 18.9 Å². The highest BCUT2D eigenvalue weighted by Gasteiger charge is 2.37. The lowest BCUT2D eigenvalue weighted by atomic mass is 9.82. The van der Waals surface area contributed by atoms with Crippen molar-refractivity contribution in [2.75, 3.05) is 38.2 Å². The number of anilines is 5. The Balaban J connectivity index is 1.31. The zero-order valence-corrected chi connectivity index (χ0v) is 29.0. The van der Waals surface area contributed by atoms with E-state index in [0.717, 1.165) is 64.3 Å². The summed E-state index contributed by atoms with van der Waals surface area (Å²) >= 11 is 0. The normalized spacial score (nSPS) is 14.2. The Bertz CT molecular complexity index is 1980. The van der Waals surface area contributed by atoms with Crippen LogP contribution in [-0.2, 0) is 10.2 Å². The van der Waals surface area contributed by atoms with E-state index < -0.39 is 0 Å². The number of allylic oxidation sites excluding steroid dienone is 4. The molecule has 0 fully saturated rings. The van der Waals surface area contributed by atoms with Gasteiger partial charge in [0.2, 0.25) is 0 Å². The molecule has 0 radical (unpaired) electrons. The molecule has 0 atom stereocenters. The highest BCUT2D eigenvalue weighted by atomic mass is 16.5. The van der Waals surface area contributed by atoms with Crippen LogP contribution in [0.1, 0.15) is 37.8 Å². The Morgan fingerprint density at radius 1 is 0.449 bits per heavy atom. The van der Waals surface area contributed by atoms with Gasteiger partial charge in [0.25, 0.3) is 0 Å². The molecule has 0 N–H and O–H groups in total. The van der Waals surface area contributed by atoms with Crippen LogP contribution in [0.5, 0.6) is 17.2 Å². The smallest absolute Gasteiger partial charge is 0.119 e. The van der Waals surface area contributed by atoms with Crippen LogP contribution in [0.3, 0.4) is 0 Å². The van der Waals surface area contributed by atoms with Crippen LogP contribution >= 0.6 is 0 Å². The first-order valence-corrected chi connectivity index (χ1v) is 16.6. The molecule has 0 unspecified atom stereocenters. The summed E-state index contributed by atoms with van der Waals surface area (Å²) in [6.45, 7) is 4.67. The third kappa shape index (κ3) is 5.88. The molecule has 0 spiro atoms. The molecule has 0 saturated carbocycles. The molecular formula is C43H42N2O4. The fraction of sp³-hybridized carbons (Fsp3) is 0.209. The summed E-state index contributed by atoms with van der Waals surface area (Å²) in [7, 11) is 6.83. The average molecular weight is 651 g/mol. The number of nitrogens with zero attached hydrogens (tertiary/aromatic N) is 2. The minimum absolute atomic E-state index is 0.238. The van der Waals surface area contributed by atoms with Gasteiger partial charge in [0, 0.05) is 46.0 Å². The van der Waals surface area contributed by atoms with Gasteiger partial charge in [-0.05, 0) is 138 Å². The largest absolute Gasteiger partial charge is 0.501 e. The number of methoxy groups -OCH3 is 4. The van der Waals surface area contributed by atoms with Crippen LogP contribution < -0.4 is 24.0 Å². The van der Waals surface area contributed by atoms with Crippen molar-refractivity contribution in [3.63, 3.8) is 0 Å². The van der Waals surface area contributed by atoms with Crippen molar-refractivity contribution in [1.82, 2.24) is 0 Å². The van der Waals surface area contributed by atoms with Crippen molar-refractivity contribution in [3.8, 4) is 28.4 Å². The van der Waals surface area contributed by atoms with Gasteiger partial charge in [-0.25, -0.2) is 0 Å². The number of hydrogen-bond donors (Lipinski definition) is 0. The van der Waals surface area contributed by atoms with Gasteiger partial charge in [-0.3, -0.25) is 0 Å². The van der Waals surface area contributed by atoms with Gasteiger partial charge in [-0.2, -0.15) is 0 Å². The van der Waals surface area contributed by atoms with Crippen molar-refractivity contribution >= 4 is 28.4 Å². The highest BCUT2D eigenvalue weighted by molar-refractivity contribution is 5.87. The van der Waals surface area contributed by atoms with E-state index in [9.17, 15) is 0 Å². The lowest BCUT2D eigenvalue weighted by Gasteiger charge is -2.31. The van der Waals surface area contributed by atoms with Crippen LogP contribution in [0.2, 0.25) is 0 Å². The maximum absolute atomic E-state index is 5.55. The predicted octanol–water partition coefficient (Wildman–Crippen LogP) is 10.8. The number of rotatable bonds is 10. The SMILES string of the molecule is COC1=CC=C(N(c2ccc(OC)cc2)c2ccc3c(c2)C(C)(C)c2cc(N(c4ccc(OC)cc4)c4ccc(OC)cc4)ccc2-3)CC1. The zero-order valence-electron chi connectivity index (χ0n) is 29.0. The third-order valence-electron chi connectivity index (χ3n) is 9.79. The molecule has 6 heteroatoms. The van der Waals surface area contributed by atoms with Crippen molar-refractivity contribution in [1.29, 1.82) is 0 Å². The summed E-state index contributed by atoms with van der Waals surface area (Å²) in [5.74, 6) is 3.48. The number of benzene rings is 5. The van der Waals surface area contributed by atoms with Crippen molar-refractivity contribution < 1.29 is 18.9 Å². The van der Waals surface area contributed by atoms with Crippen molar-refractivity contribution in [2.45, 2.75) is 32.1 Å². The van der Waals surface area contributed by atoms with Gasteiger partial charge in [-0.1, -0.05) is 26.0 Å². The van der Waals surface area contributed by atoms with Gasteiger partial charge in [0.05, 0.1) is 34.2 Å². The molecule has 0 heterocycles. The van der Waals surface area contributed by atoms with Crippen molar-refractivity contribution in [3.05, 3.63) is 144 Å². The topological polar surface area (TPSA) is 43.4 Å². The first kappa shape index (κ1) is 32.0. The van der Waals surface area contributed by atoms with E-state index in [0.29, 0.717) is 0 Å². The number of hydrogen-bond acceptors (Lipinski definition) is 6. The maximum Gasteiger partial charge on any atom is 0.119 e. The molecule has 5 aromatic rings. The van der Waals surface area contributed by atoms with Crippen LogP contribution in [-0.4, -0.2) is 28.4 Å². The molecule has 2 aliphatic rings. The van der Waals surface area contributed by atoms with E-state index in [1.807, 2.05) is 36.4 Å². The third-order valence-corrected chi connectivity index (χ3v) is 9.79. The summed E-state index contributed by atoms with van der Waals surface area (Å²) in [4.78, 5) is 4.65. The Labute approximate surface area is 289 Å². The van der Waals surface area contributed by atoms with Crippen LogP contribution in [0.15, 0.2) is 133 Å². The molecule has 0 aromatic heterocycles. The molecule has 248 valence electrons. The number of fused-ring (bicyclic) bond motifs is 3. The number of ether oxygens (including phenoxy) is 4. The quantitative estimate of drug-likeness (QED) is 0.150. The van der Waals surface area contributed by atoms with E-state index in [-0.39, 0.29) is 5.41 Å². The molecule has 0 aliphatic heterocycles. The fourth-order valence-electron chi connectivity index (χ4n) is 7.08. The summed E-state index contributed by atoms with van der Waals surface area (Å²) in [6, 6.07) is 38.5. The Morgan fingerprint density at radius 2 is 0.857 bits per heavy atom. The molecule has 0 bridgehead atoms. The van der Waals surface area contributed by atoms with Gasteiger partial charge in [0.15, 0.2) is 0 Å². The molecular weight excluding hydrogens is 608 g/mol. The zero-order chi connectivity index (χ0) is 34.1. The Kier molecular flexibility index (Phi) is 8.55. The second-order valence-corrected chi connectivity index (χ2v) is 12.8.